The average Bonchev–Trinajstić information content (AvgIpc) is 3.09. The number of halogens is 1. The summed E-state index contributed by atoms with van der Waals surface area (Å²) in [5.74, 6) is -0.304. The summed E-state index contributed by atoms with van der Waals surface area (Å²) in [4.78, 5) is 12.9. The Balaban J connectivity index is 2.30. The molecule has 28 heavy (non-hydrogen) atoms. The van der Waals surface area contributed by atoms with Crippen LogP contribution >= 0.6 is 15.9 Å². The highest BCUT2D eigenvalue weighted by molar-refractivity contribution is 9.10. The summed E-state index contributed by atoms with van der Waals surface area (Å²) in [6.07, 6.45) is 2.09. The summed E-state index contributed by atoms with van der Waals surface area (Å²) in [5.41, 5.74) is 4.47. The van der Waals surface area contributed by atoms with Crippen molar-refractivity contribution in [2.75, 3.05) is 7.11 Å². The standard InChI is InChI=1S/C24H26BrNO2/c1-16(17-9-7-6-8-10-17)26-15-20(18-11-13-19(25)14-12-18)21(23(27)28-5)22(26)24(2,3)4/h6-16H,1-5H3/t16-/m1/s1. The van der Waals surface area contributed by atoms with Crippen molar-refractivity contribution in [3.05, 3.63) is 82.1 Å². The van der Waals surface area contributed by atoms with E-state index in [0.717, 1.165) is 21.3 Å². The first-order chi connectivity index (χ1) is 13.2. The zero-order valence-electron chi connectivity index (χ0n) is 17.0. The highest BCUT2D eigenvalue weighted by Gasteiger charge is 2.32. The lowest BCUT2D eigenvalue weighted by Crippen LogP contribution is -2.23. The van der Waals surface area contributed by atoms with Gasteiger partial charge in [-0.1, -0.05) is 79.2 Å². The Morgan fingerprint density at radius 2 is 1.64 bits per heavy atom. The molecule has 1 heterocycles. The zero-order chi connectivity index (χ0) is 20.5. The van der Waals surface area contributed by atoms with Crippen molar-refractivity contribution in [1.29, 1.82) is 0 Å². The number of methoxy groups -OCH3 is 1. The Hall–Kier alpha value is -2.33. The minimum Gasteiger partial charge on any atom is -0.465 e. The quantitative estimate of drug-likeness (QED) is 0.428. The van der Waals surface area contributed by atoms with E-state index in [1.165, 1.54) is 12.7 Å². The summed E-state index contributed by atoms with van der Waals surface area (Å²) < 4.78 is 8.42. The van der Waals surface area contributed by atoms with Crippen LogP contribution in [0.5, 0.6) is 0 Å². The average molecular weight is 440 g/mol. The molecule has 0 aliphatic rings. The van der Waals surface area contributed by atoms with E-state index >= 15 is 0 Å². The van der Waals surface area contributed by atoms with Crippen LogP contribution in [0.25, 0.3) is 11.1 Å². The Morgan fingerprint density at radius 1 is 1.04 bits per heavy atom. The van der Waals surface area contributed by atoms with Gasteiger partial charge in [-0.05, 0) is 30.2 Å². The maximum Gasteiger partial charge on any atom is 0.340 e. The van der Waals surface area contributed by atoms with Crippen LogP contribution in [-0.2, 0) is 10.2 Å². The van der Waals surface area contributed by atoms with Crippen molar-refractivity contribution in [2.45, 2.75) is 39.2 Å². The molecule has 0 saturated heterocycles. The highest BCUT2D eigenvalue weighted by Crippen LogP contribution is 2.39. The third kappa shape index (κ3) is 3.93. The monoisotopic (exact) mass is 439 g/mol. The van der Waals surface area contributed by atoms with E-state index in [1.54, 1.807) is 0 Å². The third-order valence-corrected chi connectivity index (χ3v) is 5.52. The van der Waals surface area contributed by atoms with Crippen molar-refractivity contribution in [3.8, 4) is 11.1 Å². The van der Waals surface area contributed by atoms with Crippen LogP contribution in [-0.4, -0.2) is 17.6 Å². The molecular weight excluding hydrogens is 414 g/mol. The van der Waals surface area contributed by atoms with Crippen molar-refractivity contribution in [2.24, 2.45) is 0 Å². The molecule has 1 aromatic heterocycles. The van der Waals surface area contributed by atoms with E-state index in [4.69, 9.17) is 4.74 Å². The highest BCUT2D eigenvalue weighted by atomic mass is 79.9. The minimum absolute atomic E-state index is 0.0861. The van der Waals surface area contributed by atoms with E-state index in [1.807, 2.05) is 42.5 Å². The number of carbonyl (C=O) groups excluding carboxylic acids is 1. The van der Waals surface area contributed by atoms with Gasteiger partial charge in [-0.2, -0.15) is 0 Å². The number of ether oxygens (including phenoxy) is 1. The smallest absolute Gasteiger partial charge is 0.340 e. The number of carbonyl (C=O) groups is 1. The Labute approximate surface area is 175 Å². The van der Waals surface area contributed by atoms with Crippen molar-refractivity contribution < 1.29 is 9.53 Å². The van der Waals surface area contributed by atoms with Crippen LogP contribution in [0.15, 0.2) is 65.3 Å². The van der Waals surface area contributed by atoms with Crippen LogP contribution in [0.1, 0.15) is 55.4 Å². The van der Waals surface area contributed by atoms with E-state index in [-0.39, 0.29) is 17.4 Å². The Kier molecular flexibility index (Phi) is 5.80. The van der Waals surface area contributed by atoms with E-state index in [9.17, 15) is 4.79 Å². The molecule has 2 aromatic carbocycles. The largest absolute Gasteiger partial charge is 0.465 e. The van der Waals surface area contributed by atoms with Gasteiger partial charge in [-0.25, -0.2) is 4.79 Å². The van der Waals surface area contributed by atoms with Crippen LogP contribution in [0.4, 0.5) is 0 Å². The van der Waals surface area contributed by atoms with Gasteiger partial charge in [-0.3, -0.25) is 0 Å². The van der Waals surface area contributed by atoms with Gasteiger partial charge in [-0.15, -0.1) is 0 Å². The molecule has 146 valence electrons. The number of benzene rings is 2. The molecular formula is C24H26BrNO2. The zero-order valence-corrected chi connectivity index (χ0v) is 18.6. The maximum atomic E-state index is 12.9. The van der Waals surface area contributed by atoms with Gasteiger partial charge in [0.1, 0.15) is 0 Å². The molecule has 3 rings (SSSR count). The van der Waals surface area contributed by atoms with E-state index in [2.05, 4.69) is 66.5 Å². The predicted octanol–water partition coefficient (Wildman–Crippen LogP) is 6.61. The number of nitrogens with zero attached hydrogens (tertiary/aromatic N) is 1. The number of esters is 1. The molecule has 0 spiro atoms. The van der Waals surface area contributed by atoms with Crippen LogP contribution < -0.4 is 0 Å². The summed E-state index contributed by atoms with van der Waals surface area (Å²) >= 11 is 3.49. The summed E-state index contributed by atoms with van der Waals surface area (Å²) in [5, 5.41) is 0. The van der Waals surface area contributed by atoms with Crippen molar-refractivity contribution in [1.82, 2.24) is 4.57 Å². The number of aromatic nitrogens is 1. The number of hydrogen-bond acceptors (Lipinski definition) is 2. The van der Waals surface area contributed by atoms with Crippen LogP contribution in [0.3, 0.4) is 0 Å². The molecule has 3 aromatic rings. The maximum absolute atomic E-state index is 12.9. The fourth-order valence-corrected chi connectivity index (χ4v) is 3.91. The molecule has 0 fully saturated rings. The normalized spacial score (nSPS) is 12.6. The van der Waals surface area contributed by atoms with Crippen molar-refractivity contribution >= 4 is 21.9 Å². The molecule has 3 nitrogen and oxygen atoms in total. The fraction of sp³-hybridized carbons (Fsp3) is 0.292. The summed E-state index contributed by atoms with van der Waals surface area (Å²) in [6.45, 7) is 8.56. The molecule has 0 saturated carbocycles. The Morgan fingerprint density at radius 3 is 2.18 bits per heavy atom. The summed E-state index contributed by atoms with van der Waals surface area (Å²) in [6, 6.07) is 18.5. The second kappa shape index (κ2) is 7.96. The van der Waals surface area contributed by atoms with Gasteiger partial charge in [0.15, 0.2) is 0 Å². The number of hydrogen-bond donors (Lipinski definition) is 0. The van der Waals surface area contributed by atoms with Gasteiger partial charge in [0.2, 0.25) is 0 Å². The minimum atomic E-state index is -0.304. The first kappa shape index (κ1) is 20.4. The van der Waals surface area contributed by atoms with Gasteiger partial charge >= 0.3 is 5.97 Å². The lowest BCUT2D eigenvalue weighted by molar-refractivity contribution is 0.0598. The lowest BCUT2D eigenvalue weighted by Gasteiger charge is -2.27. The number of rotatable bonds is 4. The molecule has 0 N–H and O–H groups in total. The van der Waals surface area contributed by atoms with Crippen molar-refractivity contribution in [3.63, 3.8) is 0 Å². The molecule has 4 heteroatoms. The molecule has 1 atom stereocenters. The van der Waals surface area contributed by atoms with E-state index < -0.39 is 0 Å². The Bertz CT molecular complexity index is 966. The molecule has 0 bridgehead atoms. The topological polar surface area (TPSA) is 31.2 Å². The molecule has 0 unspecified atom stereocenters. The first-order valence-corrected chi connectivity index (χ1v) is 10.2. The molecule has 0 aliphatic carbocycles. The van der Waals surface area contributed by atoms with Gasteiger partial charge in [0.25, 0.3) is 0 Å². The van der Waals surface area contributed by atoms with Gasteiger partial charge in [0, 0.05) is 27.3 Å². The molecule has 0 aliphatic heterocycles. The fourth-order valence-electron chi connectivity index (χ4n) is 3.64. The van der Waals surface area contributed by atoms with E-state index in [0.29, 0.717) is 5.56 Å². The molecule has 0 radical (unpaired) electrons. The first-order valence-electron chi connectivity index (χ1n) is 9.38. The SMILES string of the molecule is COC(=O)c1c(-c2ccc(Br)cc2)cn([C@H](C)c2ccccc2)c1C(C)(C)C. The second-order valence-electron chi connectivity index (χ2n) is 8.01. The van der Waals surface area contributed by atoms with Crippen LogP contribution in [0.2, 0.25) is 0 Å². The van der Waals surface area contributed by atoms with Gasteiger partial charge in [0.05, 0.1) is 18.7 Å². The summed E-state index contributed by atoms with van der Waals surface area (Å²) in [7, 11) is 1.44. The second-order valence-corrected chi connectivity index (χ2v) is 8.92. The lowest BCUT2D eigenvalue weighted by atomic mass is 9.87. The predicted molar refractivity (Wildman–Crippen MR) is 118 cm³/mol. The molecule has 0 amide bonds. The van der Waals surface area contributed by atoms with Gasteiger partial charge < -0.3 is 9.30 Å². The van der Waals surface area contributed by atoms with Crippen LogP contribution in [0, 0.1) is 0 Å². The third-order valence-electron chi connectivity index (χ3n) is 4.99.